The molecule has 60 valence electrons. The molecular weight excluding hydrogens is 176 g/mol. The summed E-state index contributed by atoms with van der Waals surface area (Å²) < 4.78 is 0. The number of halogens is 1. The highest BCUT2D eigenvalue weighted by atomic mass is 35.5. The largest absolute Gasteiger partial charge is 0.251 e. The Labute approximate surface area is 73.6 Å². The molecule has 0 aliphatic heterocycles. The van der Waals surface area contributed by atoms with Gasteiger partial charge in [-0.25, -0.2) is 4.98 Å². The quantitative estimate of drug-likeness (QED) is 0.615. The van der Waals surface area contributed by atoms with Crippen LogP contribution < -0.4 is 0 Å². The van der Waals surface area contributed by atoms with Gasteiger partial charge >= 0.3 is 0 Å². The molecule has 12 heavy (non-hydrogen) atoms. The van der Waals surface area contributed by atoms with E-state index in [0.717, 1.165) is 5.69 Å². The van der Waals surface area contributed by atoms with Gasteiger partial charge in [0.2, 0.25) is 0 Å². The normalized spacial score (nSPS) is 10.5. The minimum atomic E-state index is 0.295. The van der Waals surface area contributed by atoms with Crippen molar-refractivity contribution >= 4 is 22.6 Å². The van der Waals surface area contributed by atoms with Gasteiger partial charge in [0.05, 0.1) is 5.69 Å². The van der Waals surface area contributed by atoms with Crippen molar-refractivity contribution in [2.45, 2.75) is 6.92 Å². The number of nitrogens with zero attached hydrogens (tertiary/aromatic N) is 4. The van der Waals surface area contributed by atoms with Gasteiger partial charge in [-0.15, -0.1) is 5.10 Å². The molecule has 0 aliphatic carbocycles. The van der Waals surface area contributed by atoms with Gasteiger partial charge in [0.15, 0.2) is 5.15 Å². The van der Waals surface area contributed by atoms with Gasteiger partial charge in [0.1, 0.15) is 11.0 Å². The first kappa shape index (κ1) is 7.36. The first-order chi connectivity index (χ1) is 5.79. The zero-order chi connectivity index (χ0) is 8.55. The van der Waals surface area contributed by atoms with Gasteiger partial charge in [-0.05, 0) is 6.92 Å². The molecule has 0 N–H and O–H groups in total. The molecule has 2 heterocycles. The van der Waals surface area contributed by atoms with E-state index in [-0.39, 0.29) is 0 Å². The second kappa shape index (κ2) is 2.64. The average Bonchev–Trinajstić information content (AvgIpc) is 2.12. The van der Waals surface area contributed by atoms with E-state index in [1.807, 2.05) is 6.92 Å². The summed E-state index contributed by atoms with van der Waals surface area (Å²) in [5, 5.41) is 7.84. The van der Waals surface area contributed by atoms with Crippen molar-refractivity contribution in [1.29, 1.82) is 0 Å². The summed E-state index contributed by atoms with van der Waals surface area (Å²) in [7, 11) is 0. The van der Waals surface area contributed by atoms with Crippen LogP contribution in [-0.2, 0) is 0 Å². The van der Waals surface area contributed by atoms with Gasteiger partial charge in [0.25, 0.3) is 0 Å². The summed E-state index contributed by atoms with van der Waals surface area (Å²) in [6, 6.07) is 0. The maximum Gasteiger partial charge on any atom is 0.179 e. The maximum atomic E-state index is 5.75. The summed E-state index contributed by atoms with van der Waals surface area (Å²) in [5.41, 5.74) is 2.05. The van der Waals surface area contributed by atoms with Crippen LogP contribution in [0.2, 0.25) is 5.15 Å². The van der Waals surface area contributed by atoms with Gasteiger partial charge in [-0.3, -0.25) is 4.98 Å². The first-order valence-electron chi connectivity index (χ1n) is 3.38. The van der Waals surface area contributed by atoms with Crippen molar-refractivity contribution < 1.29 is 0 Å². The molecule has 0 saturated heterocycles. The molecule has 0 radical (unpaired) electrons. The topological polar surface area (TPSA) is 51.6 Å². The third-order valence-electron chi connectivity index (χ3n) is 1.52. The van der Waals surface area contributed by atoms with Gasteiger partial charge < -0.3 is 0 Å². The van der Waals surface area contributed by atoms with Crippen molar-refractivity contribution in [2.24, 2.45) is 0 Å². The predicted octanol–water partition coefficient (Wildman–Crippen LogP) is 1.38. The molecule has 0 bridgehead atoms. The Morgan fingerprint density at radius 2 is 1.75 bits per heavy atom. The lowest BCUT2D eigenvalue weighted by Gasteiger charge is -1.97. The molecule has 0 amide bonds. The number of aryl methyl sites for hydroxylation is 1. The van der Waals surface area contributed by atoms with Crippen LogP contribution in [0, 0.1) is 6.92 Å². The Hall–Kier alpha value is -1.29. The Morgan fingerprint density at radius 1 is 1.08 bits per heavy atom. The molecule has 5 heteroatoms. The molecule has 2 aromatic heterocycles. The van der Waals surface area contributed by atoms with E-state index in [1.54, 1.807) is 12.4 Å². The number of fused-ring (bicyclic) bond motifs is 1. The second-order valence-electron chi connectivity index (χ2n) is 2.33. The molecule has 2 rings (SSSR count). The zero-order valence-corrected chi connectivity index (χ0v) is 7.08. The van der Waals surface area contributed by atoms with Crippen molar-refractivity contribution in [3.8, 4) is 0 Å². The van der Waals surface area contributed by atoms with E-state index in [2.05, 4.69) is 20.2 Å². The van der Waals surface area contributed by atoms with Crippen molar-refractivity contribution in [1.82, 2.24) is 20.2 Å². The molecule has 4 nitrogen and oxygen atoms in total. The summed E-state index contributed by atoms with van der Waals surface area (Å²) in [6.07, 6.45) is 3.18. The second-order valence-corrected chi connectivity index (χ2v) is 2.69. The fourth-order valence-corrected chi connectivity index (χ4v) is 1.14. The summed E-state index contributed by atoms with van der Waals surface area (Å²) in [6.45, 7) is 1.82. The smallest absolute Gasteiger partial charge is 0.179 e. The Bertz CT molecular complexity index is 388. The lowest BCUT2D eigenvalue weighted by Crippen LogP contribution is -1.93. The third kappa shape index (κ3) is 1.00. The lowest BCUT2D eigenvalue weighted by molar-refractivity contribution is 0.988. The molecule has 0 spiro atoms. The van der Waals surface area contributed by atoms with E-state index in [1.165, 1.54) is 0 Å². The molecule has 0 aliphatic rings. The SMILES string of the molecule is Cc1nnc(Cl)c2nccnc12. The molecular formula is C7H5ClN4. The Kier molecular flexibility index (Phi) is 1.62. The first-order valence-corrected chi connectivity index (χ1v) is 3.76. The zero-order valence-electron chi connectivity index (χ0n) is 6.32. The van der Waals surface area contributed by atoms with E-state index in [9.17, 15) is 0 Å². The fraction of sp³-hybridized carbons (Fsp3) is 0.143. The van der Waals surface area contributed by atoms with Crippen LogP contribution in [0.5, 0.6) is 0 Å². The van der Waals surface area contributed by atoms with Crippen LogP contribution in [-0.4, -0.2) is 20.2 Å². The van der Waals surface area contributed by atoms with E-state index in [4.69, 9.17) is 11.6 Å². The number of aromatic nitrogens is 4. The Balaban J connectivity index is 2.95. The van der Waals surface area contributed by atoms with Gasteiger partial charge in [-0.2, -0.15) is 5.10 Å². The summed E-state index contributed by atoms with van der Waals surface area (Å²) >= 11 is 5.75. The third-order valence-corrected chi connectivity index (χ3v) is 1.78. The molecule has 0 saturated carbocycles. The molecule has 2 aromatic rings. The molecule has 0 unspecified atom stereocenters. The minimum absolute atomic E-state index is 0.295. The minimum Gasteiger partial charge on any atom is -0.251 e. The van der Waals surface area contributed by atoms with Crippen LogP contribution in [0.15, 0.2) is 12.4 Å². The highest BCUT2D eigenvalue weighted by molar-refractivity contribution is 6.33. The number of hydrogen-bond donors (Lipinski definition) is 0. The lowest BCUT2D eigenvalue weighted by atomic mass is 10.3. The van der Waals surface area contributed by atoms with Crippen LogP contribution in [0.1, 0.15) is 5.69 Å². The van der Waals surface area contributed by atoms with Crippen LogP contribution in [0.25, 0.3) is 11.0 Å². The van der Waals surface area contributed by atoms with Gasteiger partial charge in [0, 0.05) is 12.4 Å². The standard InChI is InChI=1S/C7H5ClN4/c1-4-5-6(7(8)12-11-4)10-3-2-9-5/h2-3H,1H3. The summed E-state index contributed by atoms with van der Waals surface area (Å²) in [4.78, 5) is 8.14. The Morgan fingerprint density at radius 3 is 2.42 bits per heavy atom. The molecule has 0 aromatic carbocycles. The van der Waals surface area contributed by atoms with Gasteiger partial charge in [-0.1, -0.05) is 11.6 Å². The average molecular weight is 181 g/mol. The highest BCUT2D eigenvalue weighted by Crippen LogP contribution is 2.16. The van der Waals surface area contributed by atoms with E-state index in [0.29, 0.717) is 16.2 Å². The number of hydrogen-bond acceptors (Lipinski definition) is 4. The van der Waals surface area contributed by atoms with E-state index >= 15 is 0 Å². The van der Waals surface area contributed by atoms with Crippen LogP contribution in [0.3, 0.4) is 0 Å². The molecule has 0 fully saturated rings. The fourth-order valence-electron chi connectivity index (χ4n) is 0.967. The van der Waals surface area contributed by atoms with Crippen LogP contribution >= 0.6 is 11.6 Å². The monoisotopic (exact) mass is 180 g/mol. The summed E-state index contributed by atoms with van der Waals surface area (Å²) in [5.74, 6) is 0. The van der Waals surface area contributed by atoms with Crippen molar-refractivity contribution in [2.75, 3.05) is 0 Å². The molecule has 0 atom stereocenters. The highest BCUT2D eigenvalue weighted by Gasteiger charge is 2.05. The van der Waals surface area contributed by atoms with E-state index < -0.39 is 0 Å². The predicted molar refractivity (Wildman–Crippen MR) is 44.9 cm³/mol. The van der Waals surface area contributed by atoms with Crippen molar-refractivity contribution in [3.05, 3.63) is 23.2 Å². The number of rotatable bonds is 0. The maximum absolute atomic E-state index is 5.75. The van der Waals surface area contributed by atoms with Crippen LogP contribution in [0.4, 0.5) is 0 Å². The van der Waals surface area contributed by atoms with Crippen molar-refractivity contribution in [3.63, 3.8) is 0 Å².